The van der Waals surface area contributed by atoms with Crippen molar-refractivity contribution in [3.8, 4) is 0 Å². The molecule has 1 saturated heterocycles. The minimum Gasteiger partial charge on any atom is -0.363 e. The lowest BCUT2D eigenvalue weighted by Crippen LogP contribution is -2.42. The number of nitrogens with one attached hydrogen (secondary N) is 1. The summed E-state index contributed by atoms with van der Waals surface area (Å²) in [5, 5.41) is 3.70. The highest BCUT2D eigenvalue weighted by molar-refractivity contribution is 7.93. The summed E-state index contributed by atoms with van der Waals surface area (Å²) in [4.78, 5) is 17.9. The van der Waals surface area contributed by atoms with Crippen molar-refractivity contribution >= 4 is 33.0 Å². The molecule has 2 atom stereocenters. The molecule has 2 aromatic rings. The standard InChI is InChI=1S/C22H23ClF3N3O3S/c1-14(7-10-33(2,31)32)28-21(30)20-18(24)11-15(13-27-20)29-9-8-22(25,26)12-19(29)16-5-3-4-6-17(16)23/h3-7,10-11,13-14,19H,8-9,12H2,1-2H3,(H,28,30)/b10-7+/t14-,19?/m1/s1. The predicted octanol–water partition coefficient (Wildman–Crippen LogP) is 4.53. The van der Waals surface area contributed by atoms with Crippen molar-refractivity contribution in [2.24, 2.45) is 0 Å². The van der Waals surface area contributed by atoms with Crippen LogP contribution in [0.15, 0.2) is 48.0 Å². The first-order valence-corrected chi connectivity index (χ1v) is 12.4. The van der Waals surface area contributed by atoms with Crippen LogP contribution in [0.25, 0.3) is 0 Å². The Bertz CT molecular complexity index is 1170. The van der Waals surface area contributed by atoms with Crippen molar-refractivity contribution < 1.29 is 26.4 Å². The number of pyridine rings is 1. The lowest BCUT2D eigenvalue weighted by atomic mass is 9.92. The number of carbonyl (C=O) groups excluding carboxylic acids is 1. The van der Waals surface area contributed by atoms with Crippen LogP contribution >= 0.6 is 11.6 Å². The first kappa shape index (κ1) is 25.0. The van der Waals surface area contributed by atoms with Crippen LogP contribution in [0, 0.1) is 5.82 Å². The molecule has 0 saturated carbocycles. The smallest absolute Gasteiger partial charge is 0.273 e. The average molecular weight is 502 g/mol. The van der Waals surface area contributed by atoms with E-state index in [0.717, 1.165) is 17.7 Å². The van der Waals surface area contributed by atoms with Gasteiger partial charge in [0.15, 0.2) is 21.3 Å². The molecule has 0 aliphatic carbocycles. The van der Waals surface area contributed by atoms with Crippen LogP contribution in [0.3, 0.4) is 0 Å². The Balaban J connectivity index is 1.85. The number of sulfone groups is 1. The van der Waals surface area contributed by atoms with E-state index in [2.05, 4.69) is 10.3 Å². The molecule has 1 aliphatic rings. The van der Waals surface area contributed by atoms with E-state index in [4.69, 9.17) is 11.6 Å². The maximum Gasteiger partial charge on any atom is 0.273 e. The van der Waals surface area contributed by atoms with Gasteiger partial charge in [-0.3, -0.25) is 4.79 Å². The lowest BCUT2D eigenvalue weighted by molar-refractivity contribution is -0.0342. The number of anilines is 1. The number of halogens is 4. The molecule has 1 aromatic heterocycles. The van der Waals surface area contributed by atoms with Gasteiger partial charge in [0.05, 0.1) is 17.9 Å². The van der Waals surface area contributed by atoms with Crippen molar-refractivity contribution in [1.82, 2.24) is 10.3 Å². The number of nitrogens with zero attached hydrogens (tertiary/aromatic N) is 2. The average Bonchev–Trinajstić information content (AvgIpc) is 2.71. The summed E-state index contributed by atoms with van der Waals surface area (Å²) in [7, 11) is -3.38. The third-order valence-electron chi connectivity index (χ3n) is 5.20. The van der Waals surface area contributed by atoms with E-state index in [0.29, 0.717) is 10.6 Å². The molecular weight excluding hydrogens is 479 g/mol. The van der Waals surface area contributed by atoms with E-state index < -0.39 is 58.1 Å². The molecule has 0 bridgehead atoms. The number of piperidine rings is 1. The fraction of sp³-hybridized carbons (Fsp3) is 0.364. The van der Waals surface area contributed by atoms with Gasteiger partial charge in [-0.2, -0.15) is 0 Å². The number of benzene rings is 1. The van der Waals surface area contributed by atoms with E-state index in [1.165, 1.54) is 19.2 Å². The van der Waals surface area contributed by atoms with Crippen LogP contribution in [-0.2, 0) is 9.84 Å². The maximum absolute atomic E-state index is 14.8. The zero-order valence-electron chi connectivity index (χ0n) is 17.9. The number of aromatic nitrogens is 1. The Morgan fingerprint density at radius 2 is 2.06 bits per heavy atom. The van der Waals surface area contributed by atoms with E-state index in [9.17, 15) is 26.4 Å². The minimum absolute atomic E-state index is 0.0527. The monoisotopic (exact) mass is 501 g/mol. The van der Waals surface area contributed by atoms with Gasteiger partial charge in [0.2, 0.25) is 0 Å². The number of hydrogen-bond acceptors (Lipinski definition) is 5. The summed E-state index contributed by atoms with van der Waals surface area (Å²) in [5.41, 5.74) is 0.247. The predicted molar refractivity (Wildman–Crippen MR) is 121 cm³/mol. The highest BCUT2D eigenvalue weighted by Crippen LogP contribution is 2.43. The molecule has 33 heavy (non-hydrogen) atoms. The Kier molecular flexibility index (Phi) is 7.38. The Labute approximate surface area is 195 Å². The van der Waals surface area contributed by atoms with Crippen molar-refractivity contribution in [1.29, 1.82) is 0 Å². The number of alkyl halides is 2. The first-order valence-electron chi connectivity index (χ1n) is 10.1. The van der Waals surface area contributed by atoms with E-state index in [-0.39, 0.29) is 12.2 Å². The normalized spacial score (nSPS) is 19.5. The topological polar surface area (TPSA) is 79.4 Å². The minimum atomic E-state index is -3.38. The largest absolute Gasteiger partial charge is 0.363 e. The van der Waals surface area contributed by atoms with Crippen LogP contribution in [-0.4, -0.2) is 44.1 Å². The van der Waals surface area contributed by atoms with Gasteiger partial charge < -0.3 is 10.2 Å². The summed E-state index contributed by atoms with van der Waals surface area (Å²) >= 11 is 6.25. The Morgan fingerprint density at radius 3 is 2.70 bits per heavy atom. The fourth-order valence-corrected chi connectivity index (χ4v) is 4.39. The molecule has 1 fully saturated rings. The molecule has 2 heterocycles. The zero-order chi connectivity index (χ0) is 24.4. The molecule has 1 unspecified atom stereocenters. The van der Waals surface area contributed by atoms with Gasteiger partial charge in [0, 0.05) is 48.2 Å². The van der Waals surface area contributed by atoms with Crippen molar-refractivity contribution in [3.05, 3.63) is 70.1 Å². The summed E-state index contributed by atoms with van der Waals surface area (Å²) < 4.78 is 65.6. The van der Waals surface area contributed by atoms with E-state index in [1.807, 2.05) is 0 Å². The van der Waals surface area contributed by atoms with Gasteiger partial charge in [-0.25, -0.2) is 26.6 Å². The van der Waals surface area contributed by atoms with Crippen LogP contribution in [0.1, 0.15) is 41.9 Å². The molecule has 1 amide bonds. The van der Waals surface area contributed by atoms with Crippen LogP contribution < -0.4 is 10.2 Å². The van der Waals surface area contributed by atoms with Crippen molar-refractivity contribution in [2.75, 3.05) is 17.7 Å². The van der Waals surface area contributed by atoms with Gasteiger partial charge in [0.1, 0.15) is 0 Å². The van der Waals surface area contributed by atoms with Crippen molar-refractivity contribution in [2.45, 2.75) is 37.8 Å². The lowest BCUT2D eigenvalue weighted by Gasteiger charge is -2.41. The summed E-state index contributed by atoms with van der Waals surface area (Å²) in [6, 6.07) is 6.22. The molecule has 1 aliphatic heterocycles. The van der Waals surface area contributed by atoms with Crippen LogP contribution in [0.4, 0.5) is 18.9 Å². The molecule has 0 spiro atoms. The van der Waals surface area contributed by atoms with Gasteiger partial charge in [-0.1, -0.05) is 35.9 Å². The van der Waals surface area contributed by atoms with Crippen molar-refractivity contribution in [3.63, 3.8) is 0 Å². The van der Waals surface area contributed by atoms with Crippen LogP contribution in [0.2, 0.25) is 5.02 Å². The summed E-state index contributed by atoms with van der Waals surface area (Å²) in [5.74, 6) is -4.67. The Morgan fingerprint density at radius 1 is 1.36 bits per heavy atom. The summed E-state index contributed by atoms with van der Waals surface area (Å²) in [6.45, 7) is 1.47. The second kappa shape index (κ2) is 9.72. The SMILES string of the molecule is C[C@H](/C=C/S(C)(=O)=O)NC(=O)c1ncc(N2CCC(F)(F)CC2c2ccccc2Cl)cc1F. The summed E-state index contributed by atoms with van der Waals surface area (Å²) in [6.07, 6.45) is 2.60. The van der Waals surface area contributed by atoms with Gasteiger partial charge in [0.25, 0.3) is 11.8 Å². The van der Waals surface area contributed by atoms with E-state index in [1.54, 1.807) is 29.2 Å². The number of rotatable bonds is 6. The fourth-order valence-electron chi connectivity index (χ4n) is 3.60. The number of carbonyl (C=O) groups is 1. The molecule has 1 N–H and O–H groups in total. The zero-order valence-corrected chi connectivity index (χ0v) is 19.5. The second-order valence-corrected chi connectivity index (χ2v) is 10.3. The third kappa shape index (κ3) is 6.48. The quantitative estimate of drug-likeness (QED) is 0.629. The van der Waals surface area contributed by atoms with Crippen LogP contribution in [0.5, 0.6) is 0 Å². The number of amides is 1. The molecule has 11 heteroatoms. The van der Waals surface area contributed by atoms with E-state index >= 15 is 0 Å². The molecule has 1 aromatic carbocycles. The Hall–Kier alpha value is -2.59. The first-order chi connectivity index (χ1) is 15.4. The maximum atomic E-state index is 14.8. The molecule has 3 rings (SSSR count). The highest BCUT2D eigenvalue weighted by Gasteiger charge is 2.42. The molecule has 178 valence electrons. The highest BCUT2D eigenvalue weighted by atomic mass is 35.5. The van der Waals surface area contributed by atoms with Gasteiger partial charge in [-0.15, -0.1) is 0 Å². The van der Waals surface area contributed by atoms with Gasteiger partial charge >= 0.3 is 0 Å². The molecule has 0 radical (unpaired) electrons. The van der Waals surface area contributed by atoms with Gasteiger partial charge in [-0.05, 0) is 18.6 Å². The molecule has 6 nitrogen and oxygen atoms in total. The third-order valence-corrected chi connectivity index (χ3v) is 6.19. The number of hydrogen-bond donors (Lipinski definition) is 1. The molecular formula is C22H23ClF3N3O3S. The second-order valence-electron chi connectivity index (χ2n) is 7.98.